The summed E-state index contributed by atoms with van der Waals surface area (Å²) in [5.41, 5.74) is 0.675. The van der Waals surface area contributed by atoms with Gasteiger partial charge in [-0.1, -0.05) is 36.8 Å². The minimum absolute atomic E-state index is 0.0990. The molecule has 6 nitrogen and oxygen atoms in total. The van der Waals surface area contributed by atoms with Crippen LogP contribution in [0.25, 0.3) is 0 Å². The molecule has 1 aromatic carbocycles. The van der Waals surface area contributed by atoms with Crippen molar-refractivity contribution in [1.29, 1.82) is 0 Å². The first kappa shape index (κ1) is 23.1. The largest absolute Gasteiger partial charge is 0.444 e. The van der Waals surface area contributed by atoms with Gasteiger partial charge >= 0.3 is 6.09 Å². The third kappa shape index (κ3) is 5.64. The van der Waals surface area contributed by atoms with Crippen LogP contribution in [0.15, 0.2) is 30.3 Å². The van der Waals surface area contributed by atoms with E-state index in [2.05, 4.69) is 17.0 Å². The van der Waals surface area contributed by atoms with Gasteiger partial charge < -0.3 is 9.64 Å². The van der Waals surface area contributed by atoms with Crippen molar-refractivity contribution < 1.29 is 14.3 Å². The zero-order valence-electron chi connectivity index (χ0n) is 20.0. The Morgan fingerprint density at radius 1 is 1.00 bits per heavy atom. The lowest BCUT2D eigenvalue weighted by molar-refractivity contribution is -0.135. The molecule has 2 aliphatic heterocycles. The number of rotatable bonds is 4. The van der Waals surface area contributed by atoms with Crippen LogP contribution in [-0.2, 0) is 16.0 Å². The smallest absolute Gasteiger partial charge is 0.410 e. The second-order valence-electron chi connectivity index (χ2n) is 10.7. The number of amides is 2. The van der Waals surface area contributed by atoms with Crippen LogP contribution >= 0.6 is 0 Å². The Morgan fingerprint density at radius 3 is 2.41 bits per heavy atom. The van der Waals surface area contributed by atoms with Gasteiger partial charge in [-0.05, 0) is 64.4 Å². The molecule has 32 heavy (non-hydrogen) atoms. The van der Waals surface area contributed by atoms with Crippen LogP contribution in [0.4, 0.5) is 4.79 Å². The van der Waals surface area contributed by atoms with E-state index >= 15 is 0 Å². The molecule has 3 aliphatic rings. The summed E-state index contributed by atoms with van der Waals surface area (Å²) in [6, 6.07) is 10.6. The number of benzene rings is 1. The highest BCUT2D eigenvalue weighted by atomic mass is 16.6. The SMILES string of the molecule is CC(C)(C)OC(=O)N1C[C@H](Cc2ccccc2)C[C@H]1C(=O)N1CCCN(C2CCC2)CC1. The van der Waals surface area contributed by atoms with E-state index in [0.717, 1.165) is 39.0 Å². The molecule has 4 rings (SSSR count). The summed E-state index contributed by atoms with van der Waals surface area (Å²) >= 11 is 0. The van der Waals surface area contributed by atoms with Gasteiger partial charge in [-0.3, -0.25) is 14.6 Å². The minimum atomic E-state index is -0.575. The molecule has 1 aliphatic carbocycles. The van der Waals surface area contributed by atoms with Gasteiger partial charge in [0.25, 0.3) is 0 Å². The van der Waals surface area contributed by atoms with E-state index in [4.69, 9.17) is 4.74 Å². The maximum atomic E-state index is 13.6. The number of carbonyl (C=O) groups is 2. The molecule has 6 heteroatoms. The van der Waals surface area contributed by atoms with E-state index in [1.54, 1.807) is 4.90 Å². The Bertz CT molecular complexity index is 787. The van der Waals surface area contributed by atoms with Crippen molar-refractivity contribution in [2.24, 2.45) is 5.92 Å². The first-order chi connectivity index (χ1) is 15.3. The highest BCUT2D eigenvalue weighted by molar-refractivity contribution is 5.86. The number of hydrogen-bond donors (Lipinski definition) is 0. The zero-order valence-corrected chi connectivity index (χ0v) is 20.0. The molecular formula is C26H39N3O3. The molecule has 0 unspecified atom stereocenters. The second-order valence-corrected chi connectivity index (χ2v) is 10.7. The van der Waals surface area contributed by atoms with Gasteiger partial charge in [0.05, 0.1) is 0 Å². The van der Waals surface area contributed by atoms with Crippen LogP contribution in [0.1, 0.15) is 58.4 Å². The van der Waals surface area contributed by atoms with Crippen LogP contribution < -0.4 is 0 Å². The highest BCUT2D eigenvalue weighted by Crippen LogP contribution is 2.30. The van der Waals surface area contributed by atoms with Crippen molar-refractivity contribution >= 4 is 12.0 Å². The van der Waals surface area contributed by atoms with Crippen molar-refractivity contribution in [3.63, 3.8) is 0 Å². The number of nitrogens with zero attached hydrogens (tertiary/aromatic N) is 3. The van der Waals surface area contributed by atoms with E-state index in [-0.39, 0.29) is 17.9 Å². The molecular weight excluding hydrogens is 402 g/mol. The van der Waals surface area contributed by atoms with Gasteiger partial charge in [0.2, 0.25) is 5.91 Å². The van der Waals surface area contributed by atoms with E-state index in [1.807, 2.05) is 43.9 Å². The molecule has 2 heterocycles. The van der Waals surface area contributed by atoms with Crippen molar-refractivity contribution in [3.05, 3.63) is 35.9 Å². The topological polar surface area (TPSA) is 53.1 Å². The normalized spacial score (nSPS) is 25.3. The van der Waals surface area contributed by atoms with Gasteiger partial charge in [0, 0.05) is 38.8 Å². The summed E-state index contributed by atoms with van der Waals surface area (Å²) < 4.78 is 5.69. The van der Waals surface area contributed by atoms with Crippen LogP contribution in [0.2, 0.25) is 0 Å². The molecule has 1 aromatic rings. The molecule has 0 N–H and O–H groups in total. The molecule has 2 saturated heterocycles. The Balaban J connectivity index is 1.44. The summed E-state index contributed by atoms with van der Waals surface area (Å²) in [5, 5.41) is 0. The van der Waals surface area contributed by atoms with Crippen LogP contribution in [0, 0.1) is 5.92 Å². The number of carbonyl (C=O) groups excluding carboxylic acids is 2. The maximum absolute atomic E-state index is 13.6. The Kier molecular flexibility index (Phi) is 7.08. The van der Waals surface area contributed by atoms with Gasteiger partial charge in [0.15, 0.2) is 0 Å². The number of likely N-dealkylation sites (tertiary alicyclic amines) is 1. The Hall–Kier alpha value is -2.08. The number of ether oxygens (including phenoxy) is 1. The standard InChI is InChI=1S/C26H39N3O3/c1-26(2,3)32-25(31)29-19-21(17-20-9-5-4-6-10-20)18-23(29)24(30)28-14-8-13-27(15-16-28)22-11-7-12-22/h4-6,9-10,21-23H,7-8,11-19H2,1-3H3/t21-,23+/m1/s1. The molecule has 0 spiro atoms. The fourth-order valence-corrected chi connectivity index (χ4v) is 5.26. The molecule has 176 valence electrons. The summed E-state index contributed by atoms with van der Waals surface area (Å²) in [7, 11) is 0. The first-order valence-electron chi connectivity index (χ1n) is 12.4. The Morgan fingerprint density at radius 2 is 1.75 bits per heavy atom. The van der Waals surface area contributed by atoms with E-state index < -0.39 is 11.6 Å². The van der Waals surface area contributed by atoms with Crippen LogP contribution in [0.3, 0.4) is 0 Å². The van der Waals surface area contributed by atoms with Crippen LogP contribution in [0.5, 0.6) is 0 Å². The average molecular weight is 442 g/mol. The lowest BCUT2D eigenvalue weighted by Crippen LogP contribution is -2.50. The van der Waals surface area contributed by atoms with Crippen LogP contribution in [-0.4, -0.2) is 77.1 Å². The van der Waals surface area contributed by atoms with Crippen molar-refractivity contribution in [2.45, 2.75) is 77.0 Å². The minimum Gasteiger partial charge on any atom is -0.444 e. The van der Waals surface area contributed by atoms with Gasteiger partial charge in [-0.15, -0.1) is 0 Å². The molecule has 0 bridgehead atoms. The van der Waals surface area contributed by atoms with E-state index in [9.17, 15) is 9.59 Å². The van der Waals surface area contributed by atoms with Crippen molar-refractivity contribution in [1.82, 2.24) is 14.7 Å². The third-order valence-corrected chi connectivity index (χ3v) is 7.10. The Labute approximate surface area is 192 Å². The van der Waals surface area contributed by atoms with Crippen molar-refractivity contribution in [3.8, 4) is 0 Å². The monoisotopic (exact) mass is 441 g/mol. The molecule has 3 fully saturated rings. The first-order valence-corrected chi connectivity index (χ1v) is 12.4. The second kappa shape index (κ2) is 9.82. The van der Waals surface area contributed by atoms with Gasteiger partial charge in [-0.2, -0.15) is 0 Å². The lowest BCUT2D eigenvalue weighted by atomic mass is 9.91. The van der Waals surface area contributed by atoms with Crippen molar-refractivity contribution in [2.75, 3.05) is 32.7 Å². The fraction of sp³-hybridized carbons (Fsp3) is 0.692. The summed E-state index contributed by atoms with van der Waals surface area (Å²) in [5.74, 6) is 0.360. The average Bonchev–Trinajstić information content (AvgIpc) is 2.97. The predicted octanol–water partition coefficient (Wildman–Crippen LogP) is 3.94. The summed E-state index contributed by atoms with van der Waals surface area (Å²) in [6.07, 6.45) is 6.15. The van der Waals surface area contributed by atoms with E-state index in [1.165, 1.54) is 24.8 Å². The molecule has 1 saturated carbocycles. The van der Waals surface area contributed by atoms with E-state index in [0.29, 0.717) is 19.0 Å². The van der Waals surface area contributed by atoms with Gasteiger partial charge in [0.1, 0.15) is 11.6 Å². The zero-order chi connectivity index (χ0) is 22.7. The lowest BCUT2D eigenvalue weighted by Gasteiger charge is -2.37. The quantitative estimate of drug-likeness (QED) is 0.710. The summed E-state index contributed by atoms with van der Waals surface area (Å²) in [4.78, 5) is 33.0. The molecule has 0 radical (unpaired) electrons. The maximum Gasteiger partial charge on any atom is 0.410 e. The summed E-state index contributed by atoms with van der Waals surface area (Å²) in [6.45, 7) is 9.77. The fourth-order valence-electron chi connectivity index (χ4n) is 5.26. The molecule has 2 atom stereocenters. The van der Waals surface area contributed by atoms with Gasteiger partial charge in [-0.25, -0.2) is 4.79 Å². The predicted molar refractivity (Wildman–Crippen MR) is 125 cm³/mol. The molecule has 2 amide bonds. The molecule has 0 aromatic heterocycles. The third-order valence-electron chi connectivity index (χ3n) is 7.10. The number of hydrogen-bond acceptors (Lipinski definition) is 4. The highest BCUT2D eigenvalue weighted by Gasteiger charge is 2.43.